The summed E-state index contributed by atoms with van der Waals surface area (Å²) < 4.78 is 5.18. The molecule has 0 aliphatic carbocycles. The zero-order chi connectivity index (χ0) is 23.0. The van der Waals surface area contributed by atoms with Gasteiger partial charge in [0.1, 0.15) is 11.4 Å². The van der Waals surface area contributed by atoms with Crippen LogP contribution in [0.15, 0.2) is 100 Å². The highest BCUT2D eigenvalue weighted by Gasteiger charge is 2.17. The van der Waals surface area contributed by atoms with Crippen molar-refractivity contribution in [2.24, 2.45) is 0 Å². The first-order valence-corrected chi connectivity index (χ1v) is 12.2. The van der Waals surface area contributed by atoms with Gasteiger partial charge in [-0.15, -0.1) is 0 Å². The van der Waals surface area contributed by atoms with Crippen LogP contribution < -0.4 is 10.1 Å². The largest absolute Gasteiger partial charge is 0.497 e. The van der Waals surface area contributed by atoms with E-state index in [1.807, 2.05) is 54.6 Å². The van der Waals surface area contributed by atoms with Crippen LogP contribution >= 0.6 is 35.1 Å². The van der Waals surface area contributed by atoms with Gasteiger partial charge in [0.05, 0.1) is 12.0 Å². The van der Waals surface area contributed by atoms with Crippen LogP contribution in [0.4, 0.5) is 5.69 Å². The molecule has 0 saturated heterocycles. The van der Waals surface area contributed by atoms with Crippen LogP contribution in [-0.4, -0.2) is 23.0 Å². The summed E-state index contributed by atoms with van der Waals surface area (Å²) in [5.74, 6) is 1.01. The van der Waals surface area contributed by atoms with E-state index < -0.39 is 0 Å². The molecule has 8 heteroatoms. The minimum absolute atomic E-state index is 0.305. The van der Waals surface area contributed by atoms with Crippen LogP contribution in [0.3, 0.4) is 0 Å². The lowest BCUT2D eigenvalue weighted by molar-refractivity contribution is 0.101. The molecule has 0 bridgehead atoms. The number of nitrogens with zero attached hydrogens (tertiary/aromatic N) is 2. The summed E-state index contributed by atoms with van der Waals surface area (Å²) in [7, 11) is 1.60. The van der Waals surface area contributed by atoms with Crippen LogP contribution in [0.2, 0.25) is 5.02 Å². The molecule has 166 valence electrons. The molecule has 0 fully saturated rings. The third-order valence-electron chi connectivity index (χ3n) is 4.58. The van der Waals surface area contributed by atoms with Gasteiger partial charge in [-0.25, -0.2) is 9.97 Å². The average molecular weight is 494 g/mol. The quantitative estimate of drug-likeness (QED) is 0.214. The first kappa shape index (κ1) is 23.2. The van der Waals surface area contributed by atoms with Gasteiger partial charge in [0.25, 0.3) is 5.91 Å². The van der Waals surface area contributed by atoms with Crippen molar-refractivity contribution in [3.8, 4) is 5.75 Å². The fourth-order valence-electron chi connectivity index (χ4n) is 2.90. The van der Waals surface area contributed by atoms with Crippen molar-refractivity contribution in [3.63, 3.8) is 0 Å². The molecule has 5 nitrogen and oxygen atoms in total. The van der Waals surface area contributed by atoms with Crippen molar-refractivity contribution in [2.45, 2.75) is 20.7 Å². The molecular weight excluding hydrogens is 474 g/mol. The minimum atomic E-state index is -0.305. The Morgan fingerprint density at radius 3 is 2.45 bits per heavy atom. The van der Waals surface area contributed by atoms with Crippen LogP contribution in [-0.2, 0) is 5.75 Å². The lowest BCUT2D eigenvalue weighted by Crippen LogP contribution is -2.16. The van der Waals surface area contributed by atoms with Gasteiger partial charge in [-0.1, -0.05) is 71.5 Å². The van der Waals surface area contributed by atoms with E-state index in [1.165, 1.54) is 23.5 Å². The van der Waals surface area contributed by atoms with Crippen LogP contribution in [0.1, 0.15) is 16.1 Å². The zero-order valence-corrected chi connectivity index (χ0v) is 20.1. The molecule has 33 heavy (non-hydrogen) atoms. The predicted octanol–water partition coefficient (Wildman–Crippen LogP) is 6.83. The number of carbonyl (C=O) groups is 1. The van der Waals surface area contributed by atoms with E-state index in [2.05, 4.69) is 15.3 Å². The second kappa shape index (κ2) is 11.2. The molecule has 0 aliphatic rings. The molecule has 4 aromatic rings. The Kier molecular flexibility index (Phi) is 7.88. The number of halogens is 1. The lowest BCUT2D eigenvalue weighted by atomic mass is 10.2. The number of rotatable bonds is 8. The van der Waals surface area contributed by atoms with E-state index in [0.29, 0.717) is 38.0 Å². The summed E-state index contributed by atoms with van der Waals surface area (Å²) in [6, 6.07) is 24.6. The molecule has 0 radical (unpaired) electrons. The molecule has 1 N–H and O–H groups in total. The van der Waals surface area contributed by atoms with Gasteiger partial charge in [0.15, 0.2) is 5.16 Å². The highest BCUT2D eigenvalue weighted by atomic mass is 35.5. The van der Waals surface area contributed by atoms with E-state index >= 15 is 0 Å². The summed E-state index contributed by atoms with van der Waals surface area (Å²) in [4.78, 5) is 23.9. The van der Waals surface area contributed by atoms with Gasteiger partial charge in [-0.2, -0.15) is 0 Å². The second-order valence-corrected chi connectivity index (χ2v) is 9.31. The minimum Gasteiger partial charge on any atom is -0.497 e. The van der Waals surface area contributed by atoms with Gasteiger partial charge >= 0.3 is 0 Å². The number of anilines is 1. The Morgan fingerprint density at radius 2 is 1.73 bits per heavy atom. The molecule has 1 aromatic heterocycles. The molecule has 3 aromatic carbocycles. The molecule has 1 amide bonds. The zero-order valence-electron chi connectivity index (χ0n) is 17.7. The van der Waals surface area contributed by atoms with Gasteiger partial charge in [-0.05, 0) is 48.0 Å². The maximum Gasteiger partial charge on any atom is 0.275 e. The van der Waals surface area contributed by atoms with E-state index in [1.54, 1.807) is 37.6 Å². The predicted molar refractivity (Wildman–Crippen MR) is 135 cm³/mol. The lowest BCUT2D eigenvalue weighted by Gasteiger charge is -2.11. The van der Waals surface area contributed by atoms with E-state index in [0.717, 1.165) is 10.5 Å². The smallest absolute Gasteiger partial charge is 0.275 e. The number of nitrogens with one attached hydrogen (secondary N) is 1. The average Bonchev–Trinajstić information content (AvgIpc) is 2.85. The van der Waals surface area contributed by atoms with Crippen LogP contribution in [0.25, 0.3) is 0 Å². The maximum absolute atomic E-state index is 13.2. The molecule has 0 unspecified atom stereocenters. The van der Waals surface area contributed by atoms with Crippen molar-refractivity contribution in [3.05, 3.63) is 101 Å². The second-order valence-electron chi connectivity index (χ2n) is 6.84. The number of hydrogen-bond acceptors (Lipinski definition) is 6. The fourth-order valence-corrected chi connectivity index (χ4v) is 4.89. The molecule has 0 aliphatic heterocycles. The third-order valence-corrected chi connectivity index (χ3v) is 6.89. The maximum atomic E-state index is 13.2. The number of hydrogen-bond donors (Lipinski definition) is 1. The Hall–Kier alpha value is -3.00. The van der Waals surface area contributed by atoms with Crippen molar-refractivity contribution in [1.29, 1.82) is 0 Å². The number of carbonyl (C=O) groups excluding carboxylic acids is 1. The SMILES string of the molecule is COc1ccc(NC(=O)c2nc(SCc3ccccc3Cl)ncc2Sc2ccccc2)cc1. The Bertz CT molecular complexity index is 1240. The van der Waals surface area contributed by atoms with Gasteiger partial charge in [0, 0.05) is 27.6 Å². The first-order valence-electron chi connectivity index (χ1n) is 10.0. The van der Waals surface area contributed by atoms with E-state index in [9.17, 15) is 4.79 Å². The molecule has 4 rings (SSSR count). The van der Waals surface area contributed by atoms with Gasteiger partial charge < -0.3 is 10.1 Å². The number of ether oxygens (including phenoxy) is 1. The van der Waals surface area contributed by atoms with Crippen LogP contribution in [0, 0.1) is 0 Å². The topological polar surface area (TPSA) is 64.1 Å². The molecule has 0 atom stereocenters. The third kappa shape index (κ3) is 6.28. The summed E-state index contributed by atoms with van der Waals surface area (Å²) >= 11 is 9.15. The molecular formula is C25H20ClN3O2S2. The van der Waals surface area contributed by atoms with Crippen molar-refractivity contribution >= 4 is 46.7 Å². The van der Waals surface area contributed by atoms with E-state index in [4.69, 9.17) is 16.3 Å². The van der Waals surface area contributed by atoms with Gasteiger partial charge in [-0.3, -0.25) is 4.79 Å². The molecule has 0 saturated carbocycles. The number of benzene rings is 3. The summed E-state index contributed by atoms with van der Waals surface area (Å²) in [5, 5.41) is 4.12. The Morgan fingerprint density at radius 1 is 1.00 bits per heavy atom. The Labute approximate surface area is 206 Å². The number of amides is 1. The summed E-state index contributed by atoms with van der Waals surface area (Å²) in [5.41, 5.74) is 1.96. The monoisotopic (exact) mass is 493 g/mol. The summed E-state index contributed by atoms with van der Waals surface area (Å²) in [6.45, 7) is 0. The Balaban J connectivity index is 1.59. The van der Waals surface area contributed by atoms with Crippen LogP contribution in [0.5, 0.6) is 5.75 Å². The standard InChI is InChI=1S/C25H20ClN3O2S2/c1-31-19-13-11-18(12-14-19)28-24(30)23-22(33-20-8-3-2-4-9-20)15-27-25(29-23)32-16-17-7-5-6-10-21(17)26/h2-15H,16H2,1H3,(H,28,30). The summed E-state index contributed by atoms with van der Waals surface area (Å²) in [6.07, 6.45) is 1.70. The highest BCUT2D eigenvalue weighted by Crippen LogP contribution is 2.32. The normalized spacial score (nSPS) is 10.6. The van der Waals surface area contributed by atoms with E-state index in [-0.39, 0.29) is 5.91 Å². The molecule has 1 heterocycles. The fraction of sp³-hybridized carbons (Fsp3) is 0.0800. The number of aromatic nitrogens is 2. The van der Waals surface area contributed by atoms with Gasteiger partial charge in [0.2, 0.25) is 0 Å². The first-order chi connectivity index (χ1) is 16.1. The number of thioether (sulfide) groups is 1. The van der Waals surface area contributed by atoms with Crippen molar-refractivity contribution in [2.75, 3.05) is 12.4 Å². The highest BCUT2D eigenvalue weighted by molar-refractivity contribution is 7.99. The van der Waals surface area contributed by atoms with Crippen molar-refractivity contribution < 1.29 is 9.53 Å². The number of methoxy groups -OCH3 is 1. The molecule has 0 spiro atoms. The van der Waals surface area contributed by atoms with Crippen molar-refractivity contribution in [1.82, 2.24) is 9.97 Å².